The summed E-state index contributed by atoms with van der Waals surface area (Å²) in [6.45, 7) is 4.52. The summed E-state index contributed by atoms with van der Waals surface area (Å²) in [4.78, 5) is 25.4. The summed E-state index contributed by atoms with van der Waals surface area (Å²) in [5.74, 6) is -0.198. The molecule has 0 aromatic carbocycles. The van der Waals surface area contributed by atoms with Gasteiger partial charge in [0.2, 0.25) is 5.91 Å². The van der Waals surface area contributed by atoms with Crippen LogP contribution in [0.25, 0.3) is 0 Å². The normalized spacial score (nSPS) is 14.5. The number of aliphatic hydroxyl groups excluding tert-OH is 1. The Labute approximate surface area is 396 Å². The fourth-order valence-electron chi connectivity index (χ4n) is 7.56. The first kappa shape index (κ1) is 62.2. The Bertz CT molecular complexity index is 1230. The number of amides is 1. The number of unbranched alkanes of at least 4 members (excludes halogenated alkanes) is 27. The number of nitrogens with one attached hydrogen (secondary N) is 1. The number of allylic oxidation sites excluding steroid dienone is 9. The van der Waals surface area contributed by atoms with Gasteiger partial charge in [-0.2, -0.15) is 0 Å². The Balaban J connectivity index is 4.03. The number of phosphoric ester groups is 1. The van der Waals surface area contributed by atoms with E-state index in [0.717, 1.165) is 64.2 Å². The highest BCUT2D eigenvalue weighted by atomic mass is 31.2. The van der Waals surface area contributed by atoms with Gasteiger partial charge in [0.25, 0.3) is 7.82 Å². The second-order valence-electron chi connectivity index (χ2n) is 19.2. The fourth-order valence-corrected chi connectivity index (χ4v) is 8.28. The molecule has 0 radical (unpaired) electrons. The van der Waals surface area contributed by atoms with Gasteiger partial charge >= 0.3 is 0 Å². The minimum Gasteiger partial charge on any atom is -0.756 e. The summed E-state index contributed by atoms with van der Waals surface area (Å²) in [6.07, 6.45) is 61.5. The lowest BCUT2D eigenvalue weighted by Crippen LogP contribution is -2.45. The van der Waals surface area contributed by atoms with E-state index in [1.807, 2.05) is 27.2 Å². The number of carbonyl (C=O) groups excluding carboxylic acids is 1. The molecule has 3 unspecified atom stereocenters. The number of rotatable bonds is 48. The van der Waals surface area contributed by atoms with E-state index in [1.54, 1.807) is 6.08 Å². The molecule has 0 bridgehead atoms. The number of quaternary nitrogens is 1. The standard InChI is InChI=1S/C55H103N2O6P/c1-6-8-10-12-14-16-18-19-20-21-22-23-24-25-26-27-28-29-30-31-32-33-34-35-36-37-39-41-43-45-47-49-55(59)56-53(52-63-64(60,61)62-51-50-57(3,4)5)54(58)48-46-44-42-40-38-17-15-13-11-9-7-2/h8,10,14,16,19-20,22-23,46,48,53-54,58H,6-7,9,11-13,15,17-18,21,24-45,47,49-52H2,1-5H3,(H-,56,59,60,61)/b10-8-,16-14-,20-19-,23-22-,48-46+. The molecule has 1 amide bonds. The molecular formula is C55H103N2O6P. The van der Waals surface area contributed by atoms with Crippen molar-refractivity contribution in [3.05, 3.63) is 60.8 Å². The molecule has 0 saturated heterocycles. The molecule has 0 aromatic rings. The number of nitrogens with zero attached hydrogens (tertiary/aromatic N) is 1. The minimum absolute atomic E-state index is 0.00138. The fraction of sp³-hybridized carbons (Fsp3) is 0.800. The van der Waals surface area contributed by atoms with Crippen LogP contribution in [0.1, 0.15) is 232 Å². The molecule has 0 aliphatic carbocycles. The molecule has 0 aromatic heterocycles. The van der Waals surface area contributed by atoms with Crippen LogP contribution in [0.2, 0.25) is 0 Å². The van der Waals surface area contributed by atoms with Gasteiger partial charge in [0, 0.05) is 6.42 Å². The molecule has 64 heavy (non-hydrogen) atoms. The lowest BCUT2D eigenvalue weighted by molar-refractivity contribution is -0.870. The van der Waals surface area contributed by atoms with Crippen molar-refractivity contribution in [2.45, 2.75) is 244 Å². The predicted octanol–water partition coefficient (Wildman–Crippen LogP) is 15.1. The SMILES string of the molecule is CC/C=C\C/C=C\C/C=C\C/C=C\CCCCCCCCCCCCCCCCCCCCC(=O)NC(COP(=O)([O-])OCC[N+](C)(C)C)C(O)/C=C/CCCCCCCCCCC. The molecule has 374 valence electrons. The van der Waals surface area contributed by atoms with Gasteiger partial charge in [-0.1, -0.05) is 229 Å². The van der Waals surface area contributed by atoms with Crippen molar-refractivity contribution in [2.75, 3.05) is 40.9 Å². The molecule has 9 heteroatoms. The maximum Gasteiger partial charge on any atom is 0.268 e. The van der Waals surface area contributed by atoms with Gasteiger partial charge in [-0.25, -0.2) is 0 Å². The van der Waals surface area contributed by atoms with E-state index >= 15 is 0 Å². The summed E-state index contributed by atoms with van der Waals surface area (Å²) < 4.78 is 23.2. The molecule has 0 rings (SSSR count). The van der Waals surface area contributed by atoms with E-state index in [4.69, 9.17) is 9.05 Å². The van der Waals surface area contributed by atoms with Crippen LogP contribution in [0.4, 0.5) is 0 Å². The van der Waals surface area contributed by atoms with Crippen LogP contribution in [0, 0.1) is 0 Å². The van der Waals surface area contributed by atoms with Crippen LogP contribution in [0.15, 0.2) is 60.8 Å². The highest BCUT2D eigenvalue weighted by Crippen LogP contribution is 2.38. The number of aliphatic hydroxyl groups is 1. The zero-order valence-electron chi connectivity index (χ0n) is 42.5. The van der Waals surface area contributed by atoms with Crippen LogP contribution in [-0.2, 0) is 18.4 Å². The van der Waals surface area contributed by atoms with Crippen LogP contribution < -0.4 is 10.2 Å². The van der Waals surface area contributed by atoms with E-state index in [-0.39, 0.29) is 19.1 Å². The molecule has 0 aliphatic heterocycles. The molecular weight excluding hydrogens is 816 g/mol. The van der Waals surface area contributed by atoms with Gasteiger partial charge in [0.1, 0.15) is 13.2 Å². The Kier molecular flexibility index (Phi) is 45.0. The molecule has 8 nitrogen and oxygen atoms in total. The summed E-state index contributed by atoms with van der Waals surface area (Å²) in [7, 11) is 1.26. The van der Waals surface area contributed by atoms with Gasteiger partial charge < -0.3 is 28.8 Å². The lowest BCUT2D eigenvalue weighted by atomic mass is 10.0. The van der Waals surface area contributed by atoms with Crippen molar-refractivity contribution >= 4 is 13.7 Å². The van der Waals surface area contributed by atoms with E-state index in [1.165, 1.54) is 148 Å². The lowest BCUT2D eigenvalue weighted by Gasteiger charge is -2.29. The predicted molar refractivity (Wildman–Crippen MR) is 274 cm³/mol. The Morgan fingerprint density at radius 1 is 0.562 bits per heavy atom. The zero-order chi connectivity index (χ0) is 47.1. The largest absolute Gasteiger partial charge is 0.756 e. The van der Waals surface area contributed by atoms with Crippen molar-refractivity contribution in [3.63, 3.8) is 0 Å². The molecule has 3 atom stereocenters. The number of hydrogen-bond donors (Lipinski definition) is 2. The van der Waals surface area contributed by atoms with Crippen LogP contribution in [-0.4, -0.2) is 68.5 Å². The molecule has 0 heterocycles. The van der Waals surface area contributed by atoms with Gasteiger partial charge in [-0.15, -0.1) is 0 Å². The number of hydrogen-bond acceptors (Lipinski definition) is 6. The highest BCUT2D eigenvalue weighted by molar-refractivity contribution is 7.45. The molecule has 0 spiro atoms. The number of phosphoric acid groups is 1. The molecule has 2 N–H and O–H groups in total. The maximum absolute atomic E-state index is 12.9. The van der Waals surface area contributed by atoms with Crippen LogP contribution in [0.3, 0.4) is 0 Å². The first-order valence-corrected chi connectivity index (χ1v) is 28.1. The van der Waals surface area contributed by atoms with E-state index in [2.05, 4.69) is 67.8 Å². The smallest absolute Gasteiger partial charge is 0.268 e. The summed E-state index contributed by atoms with van der Waals surface area (Å²) in [6, 6.07) is -0.885. The molecule has 0 fully saturated rings. The Hall–Kier alpha value is -1.80. The van der Waals surface area contributed by atoms with E-state index in [9.17, 15) is 19.4 Å². The van der Waals surface area contributed by atoms with Gasteiger partial charge in [0.05, 0.1) is 39.9 Å². The average molecular weight is 919 g/mol. The van der Waals surface area contributed by atoms with E-state index in [0.29, 0.717) is 17.4 Å². The second-order valence-corrected chi connectivity index (χ2v) is 20.6. The van der Waals surface area contributed by atoms with Crippen LogP contribution in [0.5, 0.6) is 0 Å². The van der Waals surface area contributed by atoms with E-state index < -0.39 is 20.0 Å². The van der Waals surface area contributed by atoms with Crippen molar-refractivity contribution < 1.29 is 32.9 Å². The van der Waals surface area contributed by atoms with Crippen molar-refractivity contribution in [2.24, 2.45) is 0 Å². The van der Waals surface area contributed by atoms with Crippen molar-refractivity contribution in [3.8, 4) is 0 Å². The first-order chi connectivity index (χ1) is 31.0. The maximum atomic E-state index is 12.9. The molecule has 0 aliphatic rings. The third-order valence-electron chi connectivity index (χ3n) is 11.7. The first-order valence-electron chi connectivity index (χ1n) is 26.7. The van der Waals surface area contributed by atoms with Crippen molar-refractivity contribution in [1.82, 2.24) is 5.32 Å². The summed E-state index contributed by atoms with van der Waals surface area (Å²) >= 11 is 0. The van der Waals surface area contributed by atoms with Crippen LogP contribution >= 0.6 is 7.82 Å². The number of carbonyl (C=O) groups is 1. The highest BCUT2D eigenvalue weighted by Gasteiger charge is 2.23. The molecule has 0 saturated carbocycles. The Morgan fingerprint density at radius 3 is 1.39 bits per heavy atom. The topological polar surface area (TPSA) is 108 Å². The Morgan fingerprint density at radius 2 is 0.953 bits per heavy atom. The average Bonchev–Trinajstić information content (AvgIpc) is 3.25. The third-order valence-corrected chi connectivity index (χ3v) is 12.7. The third kappa shape index (κ3) is 48.1. The van der Waals surface area contributed by atoms with Gasteiger partial charge in [0.15, 0.2) is 0 Å². The van der Waals surface area contributed by atoms with Crippen molar-refractivity contribution in [1.29, 1.82) is 0 Å². The van der Waals surface area contributed by atoms with Gasteiger partial charge in [-0.05, 0) is 57.8 Å². The quantitative estimate of drug-likeness (QED) is 0.0272. The minimum atomic E-state index is -4.59. The summed E-state index contributed by atoms with van der Waals surface area (Å²) in [5, 5.41) is 13.8. The van der Waals surface area contributed by atoms with Gasteiger partial charge in [-0.3, -0.25) is 9.36 Å². The summed E-state index contributed by atoms with van der Waals surface area (Å²) in [5.41, 5.74) is 0. The number of likely N-dealkylation sites (N-methyl/N-ethyl adjacent to an activating group) is 1. The zero-order valence-corrected chi connectivity index (χ0v) is 43.4. The monoisotopic (exact) mass is 919 g/mol. The second kappa shape index (κ2) is 46.3.